The predicted octanol–water partition coefficient (Wildman–Crippen LogP) is 1.98. The smallest absolute Gasteiger partial charge is 0.224 e. The molecule has 0 bridgehead atoms. The Morgan fingerprint density at radius 3 is 2.44 bits per heavy atom. The summed E-state index contributed by atoms with van der Waals surface area (Å²) < 4.78 is 26.7. The molecule has 1 aliphatic rings. The number of hydrogen-bond acceptors (Lipinski definition) is 4. The SMILES string of the molecule is O=C(Cc1cccnc1)NCC1CCN(S(=O)(=O)Cc2ccccc2)CC1. The van der Waals surface area contributed by atoms with Crippen molar-refractivity contribution in [1.29, 1.82) is 0 Å². The van der Waals surface area contributed by atoms with Crippen molar-refractivity contribution in [2.45, 2.75) is 25.0 Å². The van der Waals surface area contributed by atoms with Crippen molar-refractivity contribution in [3.8, 4) is 0 Å². The highest BCUT2D eigenvalue weighted by molar-refractivity contribution is 7.88. The van der Waals surface area contributed by atoms with Gasteiger partial charge in [0.05, 0.1) is 12.2 Å². The molecular formula is C20H25N3O3S. The molecule has 1 saturated heterocycles. The third kappa shape index (κ3) is 5.87. The molecule has 144 valence electrons. The first kappa shape index (κ1) is 19.5. The van der Waals surface area contributed by atoms with Crippen LogP contribution >= 0.6 is 0 Å². The second-order valence-corrected chi connectivity index (χ2v) is 8.90. The lowest BCUT2D eigenvalue weighted by atomic mass is 9.98. The number of hydrogen-bond donors (Lipinski definition) is 1. The summed E-state index contributed by atoms with van der Waals surface area (Å²) >= 11 is 0. The van der Waals surface area contributed by atoms with Gasteiger partial charge in [-0.25, -0.2) is 12.7 Å². The van der Waals surface area contributed by atoms with Crippen LogP contribution in [0.5, 0.6) is 0 Å². The zero-order valence-corrected chi connectivity index (χ0v) is 16.1. The summed E-state index contributed by atoms with van der Waals surface area (Å²) in [5.41, 5.74) is 1.69. The van der Waals surface area contributed by atoms with E-state index in [9.17, 15) is 13.2 Å². The van der Waals surface area contributed by atoms with Gasteiger partial charge in [-0.3, -0.25) is 9.78 Å². The average Bonchev–Trinajstić information content (AvgIpc) is 2.68. The largest absolute Gasteiger partial charge is 0.356 e. The van der Waals surface area contributed by atoms with E-state index in [2.05, 4.69) is 10.3 Å². The Labute approximate surface area is 160 Å². The van der Waals surface area contributed by atoms with Crippen LogP contribution in [-0.2, 0) is 27.0 Å². The number of piperidine rings is 1. The van der Waals surface area contributed by atoms with E-state index in [1.807, 2.05) is 42.5 Å². The lowest BCUT2D eigenvalue weighted by Crippen LogP contribution is -2.42. The molecule has 1 N–H and O–H groups in total. The van der Waals surface area contributed by atoms with Gasteiger partial charge in [0.1, 0.15) is 0 Å². The Morgan fingerprint density at radius 2 is 1.78 bits per heavy atom. The molecule has 6 nitrogen and oxygen atoms in total. The van der Waals surface area contributed by atoms with E-state index < -0.39 is 10.0 Å². The number of aromatic nitrogens is 1. The van der Waals surface area contributed by atoms with Crippen molar-refractivity contribution >= 4 is 15.9 Å². The van der Waals surface area contributed by atoms with Gasteiger partial charge in [-0.15, -0.1) is 0 Å². The minimum absolute atomic E-state index is 0.0258. The van der Waals surface area contributed by atoms with Crippen LogP contribution in [0.25, 0.3) is 0 Å². The van der Waals surface area contributed by atoms with E-state index >= 15 is 0 Å². The fourth-order valence-corrected chi connectivity index (χ4v) is 4.84. The Hall–Kier alpha value is -2.25. The zero-order valence-electron chi connectivity index (χ0n) is 15.3. The summed E-state index contributed by atoms with van der Waals surface area (Å²) in [7, 11) is -3.29. The van der Waals surface area contributed by atoms with E-state index in [-0.39, 0.29) is 11.7 Å². The summed E-state index contributed by atoms with van der Waals surface area (Å²) in [6.45, 7) is 1.61. The molecule has 0 spiro atoms. The van der Waals surface area contributed by atoms with Crippen LogP contribution in [0.4, 0.5) is 0 Å². The topological polar surface area (TPSA) is 79.4 Å². The summed E-state index contributed by atoms with van der Waals surface area (Å²) in [5, 5.41) is 2.96. The molecule has 1 aromatic carbocycles. The number of nitrogens with zero attached hydrogens (tertiary/aromatic N) is 2. The van der Waals surface area contributed by atoms with Gasteiger partial charge in [-0.1, -0.05) is 36.4 Å². The number of carbonyl (C=O) groups is 1. The van der Waals surface area contributed by atoms with Gasteiger partial charge in [0.2, 0.25) is 15.9 Å². The monoisotopic (exact) mass is 387 g/mol. The molecule has 1 amide bonds. The number of benzene rings is 1. The van der Waals surface area contributed by atoms with Crippen molar-refractivity contribution in [3.63, 3.8) is 0 Å². The Kier molecular flexibility index (Phi) is 6.58. The number of sulfonamides is 1. The Bertz CT molecular complexity index is 833. The number of pyridine rings is 1. The van der Waals surface area contributed by atoms with Crippen molar-refractivity contribution in [3.05, 3.63) is 66.0 Å². The van der Waals surface area contributed by atoms with Crippen LogP contribution in [0, 0.1) is 5.92 Å². The fourth-order valence-electron chi connectivity index (χ4n) is 3.28. The van der Waals surface area contributed by atoms with Gasteiger partial charge < -0.3 is 5.32 Å². The molecule has 0 atom stereocenters. The molecule has 27 heavy (non-hydrogen) atoms. The standard InChI is InChI=1S/C20H25N3O3S/c24-20(13-19-7-4-10-21-14-19)22-15-17-8-11-23(12-9-17)27(25,26)16-18-5-2-1-3-6-18/h1-7,10,14,17H,8-9,11-13,15-16H2,(H,22,24). The molecule has 1 aliphatic heterocycles. The maximum atomic E-state index is 12.6. The van der Waals surface area contributed by atoms with E-state index in [1.54, 1.807) is 16.7 Å². The Balaban J connectivity index is 1.42. The summed E-state index contributed by atoms with van der Waals surface area (Å²) in [6.07, 6.45) is 5.22. The fraction of sp³-hybridized carbons (Fsp3) is 0.400. The zero-order chi connectivity index (χ0) is 19.1. The van der Waals surface area contributed by atoms with Gasteiger partial charge in [-0.05, 0) is 36.0 Å². The van der Waals surface area contributed by atoms with Crippen molar-refractivity contribution in [2.24, 2.45) is 5.92 Å². The van der Waals surface area contributed by atoms with Gasteiger partial charge in [0, 0.05) is 32.0 Å². The Morgan fingerprint density at radius 1 is 1.07 bits per heavy atom. The second kappa shape index (κ2) is 9.10. The summed E-state index contributed by atoms with van der Waals surface area (Å²) in [6, 6.07) is 12.9. The minimum atomic E-state index is -3.29. The molecule has 2 heterocycles. The highest BCUT2D eigenvalue weighted by atomic mass is 32.2. The number of nitrogens with one attached hydrogen (secondary N) is 1. The van der Waals surface area contributed by atoms with Gasteiger partial charge >= 0.3 is 0 Å². The van der Waals surface area contributed by atoms with Gasteiger partial charge in [-0.2, -0.15) is 0 Å². The molecule has 0 aliphatic carbocycles. The third-order valence-electron chi connectivity index (χ3n) is 4.83. The van der Waals surface area contributed by atoms with Crippen LogP contribution in [0.1, 0.15) is 24.0 Å². The van der Waals surface area contributed by atoms with Crippen LogP contribution in [-0.4, -0.2) is 43.2 Å². The maximum absolute atomic E-state index is 12.6. The lowest BCUT2D eigenvalue weighted by molar-refractivity contribution is -0.120. The lowest BCUT2D eigenvalue weighted by Gasteiger charge is -2.31. The normalized spacial score (nSPS) is 16.1. The molecule has 1 fully saturated rings. The first-order valence-corrected chi connectivity index (χ1v) is 10.8. The van der Waals surface area contributed by atoms with E-state index in [1.165, 1.54) is 0 Å². The molecule has 3 rings (SSSR count). The van der Waals surface area contributed by atoms with Gasteiger partial charge in [0.25, 0.3) is 0 Å². The van der Waals surface area contributed by atoms with Crippen LogP contribution in [0.15, 0.2) is 54.9 Å². The summed E-state index contributed by atoms with van der Waals surface area (Å²) in [5.74, 6) is 0.327. The van der Waals surface area contributed by atoms with E-state index in [4.69, 9.17) is 0 Å². The average molecular weight is 388 g/mol. The van der Waals surface area contributed by atoms with Crippen molar-refractivity contribution in [2.75, 3.05) is 19.6 Å². The molecular weight excluding hydrogens is 362 g/mol. The van der Waals surface area contributed by atoms with Crippen LogP contribution in [0.3, 0.4) is 0 Å². The first-order chi connectivity index (χ1) is 13.0. The van der Waals surface area contributed by atoms with Gasteiger partial charge in [0.15, 0.2) is 0 Å². The molecule has 7 heteroatoms. The predicted molar refractivity (Wildman–Crippen MR) is 104 cm³/mol. The molecule has 2 aromatic rings. The quantitative estimate of drug-likeness (QED) is 0.788. The molecule has 0 unspecified atom stereocenters. The van der Waals surface area contributed by atoms with Crippen LogP contribution in [0.2, 0.25) is 0 Å². The third-order valence-corrected chi connectivity index (χ3v) is 6.68. The number of carbonyl (C=O) groups excluding carboxylic acids is 1. The number of rotatable bonds is 7. The highest BCUT2D eigenvalue weighted by Gasteiger charge is 2.28. The van der Waals surface area contributed by atoms with E-state index in [0.29, 0.717) is 32.0 Å². The molecule has 0 radical (unpaired) electrons. The van der Waals surface area contributed by atoms with Crippen molar-refractivity contribution in [1.82, 2.24) is 14.6 Å². The minimum Gasteiger partial charge on any atom is -0.356 e. The first-order valence-electron chi connectivity index (χ1n) is 9.20. The van der Waals surface area contributed by atoms with Crippen molar-refractivity contribution < 1.29 is 13.2 Å². The number of amides is 1. The molecule has 0 saturated carbocycles. The highest BCUT2D eigenvalue weighted by Crippen LogP contribution is 2.21. The van der Waals surface area contributed by atoms with Crippen LogP contribution < -0.4 is 5.32 Å². The summed E-state index contributed by atoms with van der Waals surface area (Å²) in [4.78, 5) is 16.0. The molecule has 1 aromatic heterocycles. The van der Waals surface area contributed by atoms with E-state index in [0.717, 1.165) is 24.0 Å². The maximum Gasteiger partial charge on any atom is 0.224 e. The second-order valence-electron chi connectivity index (χ2n) is 6.93.